The minimum Gasteiger partial charge on any atom is -0.495 e. The van der Waals surface area contributed by atoms with Gasteiger partial charge in [0.05, 0.1) is 24.9 Å². The highest BCUT2D eigenvalue weighted by Gasteiger charge is 2.47. The van der Waals surface area contributed by atoms with Crippen LogP contribution in [0.2, 0.25) is 0 Å². The summed E-state index contributed by atoms with van der Waals surface area (Å²) in [6, 6.07) is 10.7. The third kappa shape index (κ3) is 2.86. The van der Waals surface area contributed by atoms with Crippen molar-refractivity contribution in [1.82, 2.24) is 9.88 Å². The zero-order valence-corrected chi connectivity index (χ0v) is 13.9. The highest BCUT2D eigenvalue weighted by Crippen LogP contribution is 2.35. The maximum Gasteiger partial charge on any atom is 0.322 e. The predicted molar refractivity (Wildman–Crippen MR) is 92.5 cm³/mol. The van der Waals surface area contributed by atoms with Crippen molar-refractivity contribution >= 4 is 17.4 Å². The van der Waals surface area contributed by atoms with Crippen molar-refractivity contribution in [2.75, 3.05) is 30.4 Å². The molecule has 0 radical (unpaired) electrons. The average Bonchev–Trinajstić information content (AvgIpc) is 2.62. The van der Waals surface area contributed by atoms with E-state index < -0.39 is 5.95 Å². The molecule has 2 bridgehead atoms. The van der Waals surface area contributed by atoms with Gasteiger partial charge < -0.3 is 19.9 Å². The van der Waals surface area contributed by atoms with Gasteiger partial charge in [-0.2, -0.15) is 4.39 Å². The number of ether oxygens (including phenoxy) is 1. The van der Waals surface area contributed by atoms with Crippen molar-refractivity contribution in [2.24, 2.45) is 0 Å². The van der Waals surface area contributed by atoms with Gasteiger partial charge in [0.25, 0.3) is 0 Å². The quantitative estimate of drug-likeness (QED) is 0.872. The second kappa shape index (κ2) is 6.23. The molecule has 4 heterocycles. The van der Waals surface area contributed by atoms with E-state index in [0.29, 0.717) is 24.5 Å². The van der Waals surface area contributed by atoms with Gasteiger partial charge in [-0.05, 0) is 24.6 Å². The molecule has 3 saturated heterocycles. The van der Waals surface area contributed by atoms with Crippen molar-refractivity contribution in [3.8, 4) is 5.75 Å². The molecule has 5 rings (SSSR count). The van der Waals surface area contributed by atoms with Crippen LogP contribution in [0.25, 0.3) is 0 Å². The number of anilines is 2. The molecule has 3 aliphatic heterocycles. The molecular weight excluding hydrogens is 323 g/mol. The number of piperazine rings is 1. The van der Waals surface area contributed by atoms with Gasteiger partial charge >= 0.3 is 6.03 Å². The number of nitrogens with one attached hydrogen (secondary N) is 1. The Kier molecular flexibility index (Phi) is 3.91. The molecule has 2 atom stereocenters. The Hall–Kier alpha value is -2.83. The lowest BCUT2D eigenvalue weighted by molar-refractivity contribution is 0.0439. The Bertz CT molecular complexity index is 788. The van der Waals surface area contributed by atoms with Crippen LogP contribution in [-0.4, -0.2) is 48.2 Å². The largest absolute Gasteiger partial charge is 0.495 e. The zero-order chi connectivity index (χ0) is 17.4. The van der Waals surface area contributed by atoms with Crippen LogP contribution in [0.1, 0.15) is 6.42 Å². The fraction of sp³-hybridized carbons (Fsp3) is 0.333. The van der Waals surface area contributed by atoms with E-state index in [2.05, 4.69) is 15.2 Å². The molecule has 0 saturated carbocycles. The minimum atomic E-state index is -0.484. The lowest BCUT2D eigenvalue weighted by Crippen LogP contribution is -2.71. The molecule has 1 aromatic carbocycles. The summed E-state index contributed by atoms with van der Waals surface area (Å²) in [7, 11) is 1.58. The van der Waals surface area contributed by atoms with E-state index in [9.17, 15) is 9.18 Å². The summed E-state index contributed by atoms with van der Waals surface area (Å²) >= 11 is 0. The van der Waals surface area contributed by atoms with Gasteiger partial charge in [0.15, 0.2) is 0 Å². The lowest BCUT2D eigenvalue weighted by atomic mass is 9.87. The number of hydrogen-bond donors (Lipinski definition) is 1. The number of hydrogen-bond acceptors (Lipinski definition) is 4. The number of urea groups is 1. The van der Waals surface area contributed by atoms with Gasteiger partial charge in [-0.15, -0.1) is 0 Å². The maximum atomic E-state index is 13.3. The second-order valence-corrected chi connectivity index (χ2v) is 6.32. The fourth-order valence-electron chi connectivity index (χ4n) is 3.67. The Balaban J connectivity index is 1.43. The van der Waals surface area contributed by atoms with Gasteiger partial charge in [0.2, 0.25) is 5.95 Å². The number of aromatic nitrogens is 1. The van der Waals surface area contributed by atoms with Crippen LogP contribution in [0.4, 0.5) is 20.6 Å². The Morgan fingerprint density at radius 3 is 2.76 bits per heavy atom. The zero-order valence-electron chi connectivity index (χ0n) is 13.9. The number of rotatable bonds is 3. The van der Waals surface area contributed by atoms with E-state index in [-0.39, 0.29) is 18.1 Å². The van der Waals surface area contributed by atoms with E-state index in [1.54, 1.807) is 13.2 Å². The SMILES string of the molecule is COc1ccccc1NC(=O)N1C2CC1CN(c1ccnc(F)c1)C2. The summed E-state index contributed by atoms with van der Waals surface area (Å²) in [5.41, 5.74) is 1.47. The Morgan fingerprint density at radius 2 is 2.04 bits per heavy atom. The number of methoxy groups -OCH3 is 1. The molecule has 2 amide bonds. The molecule has 3 aliphatic rings. The first-order chi connectivity index (χ1) is 12.2. The summed E-state index contributed by atoms with van der Waals surface area (Å²) in [6.07, 6.45) is 2.44. The van der Waals surface area contributed by atoms with Crippen molar-refractivity contribution in [3.05, 3.63) is 48.5 Å². The van der Waals surface area contributed by atoms with Crippen LogP contribution >= 0.6 is 0 Å². The van der Waals surface area contributed by atoms with E-state index >= 15 is 0 Å². The number of fused-ring (bicyclic) bond motifs is 2. The average molecular weight is 342 g/mol. The van der Waals surface area contributed by atoms with Crippen molar-refractivity contribution in [3.63, 3.8) is 0 Å². The van der Waals surface area contributed by atoms with E-state index in [1.807, 2.05) is 29.2 Å². The predicted octanol–water partition coefficient (Wildman–Crippen LogP) is 2.72. The molecule has 1 aromatic heterocycles. The third-order valence-corrected chi connectivity index (χ3v) is 4.85. The number of carbonyl (C=O) groups excluding carboxylic acids is 1. The first-order valence-corrected chi connectivity index (χ1v) is 8.24. The fourth-order valence-corrected chi connectivity index (χ4v) is 3.67. The van der Waals surface area contributed by atoms with Gasteiger partial charge in [0.1, 0.15) is 5.75 Å². The number of halogens is 1. The summed E-state index contributed by atoms with van der Waals surface area (Å²) < 4.78 is 18.6. The van der Waals surface area contributed by atoms with E-state index in [4.69, 9.17) is 4.74 Å². The molecule has 25 heavy (non-hydrogen) atoms. The smallest absolute Gasteiger partial charge is 0.322 e. The van der Waals surface area contributed by atoms with Gasteiger partial charge in [-0.1, -0.05) is 12.1 Å². The first kappa shape index (κ1) is 15.7. The summed E-state index contributed by atoms with van der Waals surface area (Å²) in [6.45, 7) is 1.39. The van der Waals surface area contributed by atoms with E-state index in [1.165, 1.54) is 12.3 Å². The lowest BCUT2D eigenvalue weighted by Gasteiger charge is -2.56. The monoisotopic (exact) mass is 342 g/mol. The topological polar surface area (TPSA) is 57.7 Å². The second-order valence-electron chi connectivity index (χ2n) is 6.32. The van der Waals surface area contributed by atoms with Crippen molar-refractivity contribution < 1.29 is 13.9 Å². The molecule has 6 nitrogen and oxygen atoms in total. The number of benzene rings is 1. The number of pyridine rings is 1. The highest BCUT2D eigenvalue weighted by molar-refractivity contribution is 5.92. The van der Waals surface area contributed by atoms with Crippen LogP contribution in [0.5, 0.6) is 5.75 Å². The number of amides is 2. The number of nitrogens with zero attached hydrogens (tertiary/aromatic N) is 3. The molecule has 1 N–H and O–H groups in total. The minimum absolute atomic E-state index is 0.119. The molecule has 0 spiro atoms. The molecule has 3 fully saturated rings. The van der Waals surface area contributed by atoms with Gasteiger partial charge in [0, 0.05) is 31.0 Å². The molecule has 2 unspecified atom stereocenters. The normalized spacial score (nSPS) is 21.5. The van der Waals surface area contributed by atoms with Crippen LogP contribution in [0.15, 0.2) is 42.6 Å². The highest BCUT2D eigenvalue weighted by atomic mass is 19.1. The Labute approximate surface area is 145 Å². The third-order valence-electron chi connectivity index (χ3n) is 4.85. The first-order valence-electron chi connectivity index (χ1n) is 8.24. The van der Waals surface area contributed by atoms with Crippen LogP contribution in [-0.2, 0) is 0 Å². The standard InChI is InChI=1S/C18H19FN4O2/c1-25-16-5-3-2-4-15(16)21-18(24)23-13-8-14(23)11-22(10-13)12-6-7-20-17(19)9-12/h2-7,9,13-14H,8,10-11H2,1H3,(H,21,24). The van der Waals surface area contributed by atoms with Gasteiger partial charge in [-0.25, -0.2) is 9.78 Å². The molecule has 0 aliphatic carbocycles. The summed E-state index contributed by atoms with van der Waals surface area (Å²) in [5.74, 6) is 0.151. The maximum absolute atomic E-state index is 13.3. The Morgan fingerprint density at radius 1 is 1.28 bits per heavy atom. The molecule has 7 heteroatoms. The summed E-state index contributed by atoms with van der Waals surface area (Å²) in [4.78, 5) is 20.2. The van der Waals surface area contributed by atoms with E-state index in [0.717, 1.165) is 12.1 Å². The van der Waals surface area contributed by atoms with Crippen LogP contribution < -0.4 is 15.0 Å². The molecule has 130 valence electrons. The van der Waals surface area contributed by atoms with Crippen LogP contribution in [0.3, 0.4) is 0 Å². The van der Waals surface area contributed by atoms with Crippen molar-refractivity contribution in [2.45, 2.75) is 18.5 Å². The summed E-state index contributed by atoms with van der Waals surface area (Å²) in [5, 5.41) is 2.93. The van der Waals surface area contributed by atoms with Crippen molar-refractivity contribution in [1.29, 1.82) is 0 Å². The number of para-hydroxylation sites is 2. The molecular formula is C18H19FN4O2. The molecule has 2 aromatic rings. The van der Waals surface area contributed by atoms with Crippen LogP contribution in [0, 0.1) is 5.95 Å². The number of carbonyl (C=O) groups is 1. The number of piperidine rings is 1. The van der Waals surface area contributed by atoms with Gasteiger partial charge in [-0.3, -0.25) is 0 Å².